The van der Waals surface area contributed by atoms with Crippen LogP contribution in [0.15, 0.2) is 17.3 Å². The number of aromatic nitrogens is 2. The Kier molecular flexibility index (Phi) is 4.59. The first-order chi connectivity index (χ1) is 7.77. The average molecular weight is 279 g/mol. The maximum Gasteiger partial charge on any atom is 0.243 e. The Morgan fingerprint density at radius 3 is 2.76 bits per heavy atom. The molecule has 8 heteroatoms. The van der Waals surface area contributed by atoms with Crippen LogP contribution in [0.5, 0.6) is 0 Å². The van der Waals surface area contributed by atoms with E-state index in [0.29, 0.717) is 5.75 Å². The first-order valence-corrected chi connectivity index (χ1v) is 7.84. The molecule has 0 amide bonds. The highest BCUT2D eigenvalue weighted by Crippen LogP contribution is 2.11. The summed E-state index contributed by atoms with van der Waals surface area (Å²) in [5.74, 6) is 0.461. The van der Waals surface area contributed by atoms with Gasteiger partial charge in [0.1, 0.15) is 4.90 Å². The quantitative estimate of drug-likeness (QED) is 0.754. The third-order valence-corrected chi connectivity index (χ3v) is 4.36. The summed E-state index contributed by atoms with van der Waals surface area (Å²) in [5.41, 5.74) is -1.06. The molecule has 0 spiro atoms. The second kappa shape index (κ2) is 5.38. The molecule has 1 heterocycles. The third-order valence-electron chi connectivity index (χ3n) is 2.09. The molecule has 2 N–H and O–H groups in total. The summed E-state index contributed by atoms with van der Waals surface area (Å²) in [6.45, 7) is 1.57. The molecule has 0 fully saturated rings. The minimum Gasteiger partial charge on any atom is -0.388 e. The van der Waals surface area contributed by atoms with Gasteiger partial charge in [-0.25, -0.2) is 13.1 Å². The van der Waals surface area contributed by atoms with Crippen molar-refractivity contribution in [2.75, 3.05) is 18.6 Å². The van der Waals surface area contributed by atoms with Gasteiger partial charge in [0.15, 0.2) is 0 Å². The van der Waals surface area contributed by atoms with E-state index in [4.69, 9.17) is 0 Å². The Bertz CT molecular complexity index is 468. The van der Waals surface area contributed by atoms with Crippen molar-refractivity contribution in [2.24, 2.45) is 7.05 Å². The molecule has 1 atom stereocenters. The molecule has 0 radical (unpaired) electrons. The Balaban J connectivity index is 2.69. The fourth-order valence-electron chi connectivity index (χ4n) is 1.23. The van der Waals surface area contributed by atoms with Crippen LogP contribution in [0, 0.1) is 0 Å². The zero-order valence-corrected chi connectivity index (χ0v) is 11.7. The summed E-state index contributed by atoms with van der Waals surface area (Å²) < 4.78 is 27.4. The summed E-state index contributed by atoms with van der Waals surface area (Å²) in [5, 5.41) is 13.7. The van der Waals surface area contributed by atoms with E-state index in [9.17, 15) is 13.5 Å². The van der Waals surface area contributed by atoms with Gasteiger partial charge < -0.3 is 5.11 Å². The first kappa shape index (κ1) is 14.5. The second-order valence-electron chi connectivity index (χ2n) is 4.10. The lowest BCUT2D eigenvalue weighted by Gasteiger charge is -2.22. The van der Waals surface area contributed by atoms with Crippen LogP contribution in [0.3, 0.4) is 0 Å². The molecular formula is C9H17N3O3S2. The van der Waals surface area contributed by atoms with E-state index in [1.807, 2.05) is 6.26 Å². The van der Waals surface area contributed by atoms with Crippen molar-refractivity contribution in [1.82, 2.24) is 14.5 Å². The van der Waals surface area contributed by atoms with Gasteiger partial charge in [0.2, 0.25) is 10.0 Å². The lowest BCUT2D eigenvalue weighted by molar-refractivity contribution is 0.0908. The van der Waals surface area contributed by atoms with E-state index in [2.05, 4.69) is 9.82 Å². The fourth-order valence-corrected chi connectivity index (χ4v) is 3.10. The number of rotatable bonds is 6. The maximum absolute atomic E-state index is 11.8. The summed E-state index contributed by atoms with van der Waals surface area (Å²) >= 11 is 1.46. The van der Waals surface area contributed by atoms with Gasteiger partial charge in [-0.3, -0.25) is 4.68 Å². The number of sulfonamides is 1. The van der Waals surface area contributed by atoms with E-state index in [1.165, 1.54) is 28.8 Å². The van der Waals surface area contributed by atoms with E-state index in [0.717, 1.165) is 0 Å². The molecule has 0 aliphatic carbocycles. The van der Waals surface area contributed by atoms with Crippen LogP contribution in [0.25, 0.3) is 0 Å². The van der Waals surface area contributed by atoms with Crippen molar-refractivity contribution in [2.45, 2.75) is 17.4 Å². The highest BCUT2D eigenvalue weighted by molar-refractivity contribution is 7.98. The molecule has 1 rings (SSSR count). The van der Waals surface area contributed by atoms with Crippen molar-refractivity contribution in [3.05, 3.63) is 12.4 Å². The van der Waals surface area contributed by atoms with Crippen LogP contribution in [0.4, 0.5) is 0 Å². The van der Waals surface area contributed by atoms with Gasteiger partial charge in [-0.1, -0.05) is 0 Å². The van der Waals surface area contributed by atoms with E-state index >= 15 is 0 Å². The van der Waals surface area contributed by atoms with Crippen molar-refractivity contribution < 1.29 is 13.5 Å². The molecule has 1 aromatic heterocycles. The zero-order valence-electron chi connectivity index (χ0n) is 10.0. The first-order valence-electron chi connectivity index (χ1n) is 4.96. The molecule has 0 saturated carbocycles. The molecule has 0 bridgehead atoms. The lowest BCUT2D eigenvalue weighted by atomic mass is 10.1. The maximum atomic E-state index is 11.8. The van der Waals surface area contributed by atoms with E-state index < -0.39 is 15.6 Å². The second-order valence-corrected chi connectivity index (χ2v) is 6.74. The number of aryl methyl sites for hydroxylation is 1. The fraction of sp³-hybridized carbons (Fsp3) is 0.667. The van der Waals surface area contributed by atoms with Crippen molar-refractivity contribution in [1.29, 1.82) is 0 Å². The van der Waals surface area contributed by atoms with Gasteiger partial charge in [0.25, 0.3) is 0 Å². The zero-order chi connectivity index (χ0) is 13.1. The Labute approximate surface area is 105 Å². The molecule has 1 aromatic rings. The molecule has 0 aliphatic rings. The molecule has 17 heavy (non-hydrogen) atoms. The van der Waals surface area contributed by atoms with Gasteiger partial charge in [-0.15, -0.1) is 0 Å². The summed E-state index contributed by atoms with van der Waals surface area (Å²) in [6.07, 6.45) is 4.53. The molecule has 0 unspecified atom stereocenters. The monoisotopic (exact) mass is 279 g/mol. The SMILES string of the molecule is CSC[C@](C)(O)CNS(=O)(=O)c1cnn(C)c1. The molecule has 0 saturated heterocycles. The smallest absolute Gasteiger partial charge is 0.243 e. The predicted molar refractivity (Wildman–Crippen MR) is 67.4 cm³/mol. The predicted octanol–water partition coefficient (Wildman–Crippen LogP) is -0.188. The third kappa shape index (κ3) is 4.30. The van der Waals surface area contributed by atoms with E-state index in [1.54, 1.807) is 14.0 Å². The molecule has 6 nitrogen and oxygen atoms in total. The molecule has 0 aliphatic heterocycles. The summed E-state index contributed by atoms with van der Waals surface area (Å²) in [4.78, 5) is 0.0972. The number of nitrogens with zero attached hydrogens (tertiary/aromatic N) is 2. The number of nitrogens with one attached hydrogen (secondary N) is 1. The van der Waals surface area contributed by atoms with Gasteiger partial charge in [-0.2, -0.15) is 16.9 Å². The highest BCUT2D eigenvalue weighted by Gasteiger charge is 2.24. The molecule has 0 aromatic carbocycles. The summed E-state index contributed by atoms with van der Waals surface area (Å²) in [7, 11) is -1.95. The van der Waals surface area contributed by atoms with Crippen LogP contribution < -0.4 is 4.72 Å². The topological polar surface area (TPSA) is 84.2 Å². The van der Waals surface area contributed by atoms with Crippen molar-refractivity contribution in [3.8, 4) is 0 Å². The molecule has 98 valence electrons. The molecular weight excluding hydrogens is 262 g/mol. The highest BCUT2D eigenvalue weighted by atomic mass is 32.2. The van der Waals surface area contributed by atoms with Crippen molar-refractivity contribution in [3.63, 3.8) is 0 Å². The van der Waals surface area contributed by atoms with Crippen LogP contribution in [0.1, 0.15) is 6.92 Å². The van der Waals surface area contributed by atoms with Gasteiger partial charge >= 0.3 is 0 Å². The van der Waals surface area contributed by atoms with Crippen LogP contribution in [-0.4, -0.2) is 47.5 Å². The minimum absolute atomic E-state index is 0.0228. The van der Waals surface area contributed by atoms with Crippen LogP contribution in [0.2, 0.25) is 0 Å². The van der Waals surface area contributed by atoms with Crippen LogP contribution in [-0.2, 0) is 17.1 Å². The van der Waals surface area contributed by atoms with E-state index in [-0.39, 0.29) is 11.4 Å². The van der Waals surface area contributed by atoms with Gasteiger partial charge in [0, 0.05) is 25.5 Å². The van der Waals surface area contributed by atoms with Crippen molar-refractivity contribution >= 4 is 21.8 Å². The standard InChI is InChI=1S/C9H17N3O3S2/c1-9(13,7-16-3)6-11-17(14,15)8-4-10-12(2)5-8/h4-5,11,13H,6-7H2,1-3H3/t9-/m1/s1. The average Bonchev–Trinajstić information content (AvgIpc) is 2.63. The number of hydrogen-bond acceptors (Lipinski definition) is 5. The number of thioether (sulfide) groups is 1. The minimum atomic E-state index is -3.59. The lowest BCUT2D eigenvalue weighted by Crippen LogP contribution is -2.42. The number of hydrogen-bond donors (Lipinski definition) is 2. The Hall–Kier alpha value is -0.570. The normalized spacial score (nSPS) is 15.8. The van der Waals surface area contributed by atoms with Crippen LogP contribution >= 0.6 is 11.8 Å². The summed E-state index contributed by atoms with van der Waals surface area (Å²) in [6, 6.07) is 0. The Morgan fingerprint density at radius 2 is 2.29 bits per heavy atom. The van der Waals surface area contributed by atoms with Gasteiger partial charge in [-0.05, 0) is 13.2 Å². The number of aliphatic hydroxyl groups is 1. The van der Waals surface area contributed by atoms with Gasteiger partial charge in [0.05, 0.1) is 11.8 Å². The largest absolute Gasteiger partial charge is 0.388 e. The Morgan fingerprint density at radius 1 is 1.65 bits per heavy atom.